The molecule has 3 aromatic carbocycles. The Morgan fingerprint density at radius 1 is 0.971 bits per heavy atom. The van der Waals surface area contributed by atoms with Crippen molar-refractivity contribution in [1.29, 1.82) is 10.5 Å². The van der Waals surface area contributed by atoms with Gasteiger partial charge in [0.15, 0.2) is 0 Å². The van der Waals surface area contributed by atoms with Gasteiger partial charge in [-0.3, -0.25) is 4.98 Å². The summed E-state index contributed by atoms with van der Waals surface area (Å²) in [5.41, 5.74) is 4.81. The van der Waals surface area contributed by atoms with Crippen LogP contribution < -0.4 is 10.6 Å². The number of pyridine rings is 1. The molecule has 1 heterocycles. The standard InChI is InChI=1S/C29H22ClN5/c1-3-26(20-10-6-5-7-11-20)35-28-22(17-32)18-33-29-24(28)14-23(15-25(29)30)34-27(4-2)21-12-8-9-19(13-21)16-31/h2,5-15,18,26-27,34H,3H2,1H3,(H,33,35). The topological polar surface area (TPSA) is 84.5 Å². The van der Waals surface area contributed by atoms with Gasteiger partial charge in [-0.15, -0.1) is 6.42 Å². The number of aromatic nitrogens is 1. The number of benzene rings is 3. The highest BCUT2D eigenvalue weighted by Crippen LogP contribution is 2.36. The number of terminal acetylenes is 1. The van der Waals surface area contributed by atoms with E-state index in [1.807, 2.05) is 30.3 Å². The number of anilines is 2. The third kappa shape index (κ3) is 5.04. The van der Waals surface area contributed by atoms with E-state index in [2.05, 4.69) is 52.7 Å². The first-order valence-electron chi connectivity index (χ1n) is 11.1. The fourth-order valence-electron chi connectivity index (χ4n) is 4.04. The molecule has 0 saturated carbocycles. The van der Waals surface area contributed by atoms with E-state index in [0.29, 0.717) is 33.0 Å². The Labute approximate surface area is 210 Å². The van der Waals surface area contributed by atoms with Crippen LogP contribution in [0.25, 0.3) is 10.9 Å². The molecule has 2 unspecified atom stereocenters. The summed E-state index contributed by atoms with van der Waals surface area (Å²) >= 11 is 6.63. The molecule has 5 nitrogen and oxygen atoms in total. The molecule has 0 radical (unpaired) electrons. The molecular formula is C29H22ClN5. The maximum Gasteiger partial charge on any atom is 0.113 e. The van der Waals surface area contributed by atoms with Gasteiger partial charge in [-0.05, 0) is 41.8 Å². The van der Waals surface area contributed by atoms with Gasteiger partial charge in [0.2, 0.25) is 0 Å². The molecule has 35 heavy (non-hydrogen) atoms. The van der Waals surface area contributed by atoms with E-state index in [1.54, 1.807) is 30.5 Å². The first kappa shape index (κ1) is 23.7. The van der Waals surface area contributed by atoms with Crippen LogP contribution in [0.15, 0.2) is 72.9 Å². The van der Waals surface area contributed by atoms with Crippen molar-refractivity contribution in [2.75, 3.05) is 10.6 Å². The third-order valence-corrected chi connectivity index (χ3v) is 6.09. The lowest BCUT2D eigenvalue weighted by molar-refractivity contribution is 0.750. The van der Waals surface area contributed by atoms with Crippen LogP contribution in [0.3, 0.4) is 0 Å². The fourth-order valence-corrected chi connectivity index (χ4v) is 4.31. The molecule has 0 amide bonds. The van der Waals surface area contributed by atoms with Crippen molar-refractivity contribution in [3.05, 3.63) is 100 Å². The zero-order chi connectivity index (χ0) is 24.8. The van der Waals surface area contributed by atoms with Crippen molar-refractivity contribution in [3.63, 3.8) is 0 Å². The second-order valence-corrected chi connectivity index (χ2v) is 8.42. The van der Waals surface area contributed by atoms with Crippen LogP contribution in [0.5, 0.6) is 0 Å². The summed E-state index contributed by atoms with van der Waals surface area (Å²) in [6, 6.07) is 24.8. The largest absolute Gasteiger partial charge is 0.377 e. The molecule has 0 fully saturated rings. The summed E-state index contributed by atoms with van der Waals surface area (Å²) in [5.74, 6) is 2.74. The van der Waals surface area contributed by atoms with Gasteiger partial charge in [-0.25, -0.2) is 0 Å². The minimum atomic E-state index is -0.479. The second-order valence-electron chi connectivity index (χ2n) is 8.01. The van der Waals surface area contributed by atoms with Crippen LogP contribution in [0.1, 0.15) is 47.7 Å². The molecule has 170 valence electrons. The van der Waals surface area contributed by atoms with Crippen LogP contribution in [0, 0.1) is 35.0 Å². The number of nitrogens with zero attached hydrogens (tertiary/aromatic N) is 3. The summed E-state index contributed by atoms with van der Waals surface area (Å²) < 4.78 is 0. The Morgan fingerprint density at radius 2 is 1.74 bits per heavy atom. The minimum Gasteiger partial charge on any atom is -0.377 e. The highest BCUT2D eigenvalue weighted by Gasteiger charge is 2.18. The summed E-state index contributed by atoms with van der Waals surface area (Å²) in [5, 5.41) is 27.1. The molecule has 4 rings (SSSR count). The number of hydrogen-bond acceptors (Lipinski definition) is 5. The first-order valence-corrected chi connectivity index (χ1v) is 11.5. The van der Waals surface area contributed by atoms with Gasteiger partial charge < -0.3 is 10.6 Å². The summed E-state index contributed by atoms with van der Waals surface area (Å²) in [4.78, 5) is 4.44. The van der Waals surface area contributed by atoms with Crippen LogP contribution >= 0.6 is 11.6 Å². The SMILES string of the molecule is C#CC(Nc1cc(Cl)c2ncc(C#N)c(NC(CC)c3ccccc3)c2c1)c1cccc(C#N)c1. The van der Waals surface area contributed by atoms with E-state index >= 15 is 0 Å². The Bertz CT molecular complexity index is 1490. The van der Waals surface area contributed by atoms with E-state index in [4.69, 9.17) is 18.0 Å². The fraction of sp³-hybridized carbons (Fsp3) is 0.138. The molecule has 0 saturated heterocycles. The zero-order valence-electron chi connectivity index (χ0n) is 19.1. The second kappa shape index (κ2) is 10.6. The summed E-state index contributed by atoms with van der Waals surface area (Å²) in [6.07, 6.45) is 8.18. The molecular weight excluding hydrogens is 454 g/mol. The maximum atomic E-state index is 9.82. The Kier molecular flexibility index (Phi) is 7.18. The highest BCUT2D eigenvalue weighted by atomic mass is 35.5. The third-order valence-electron chi connectivity index (χ3n) is 5.80. The number of fused-ring (bicyclic) bond motifs is 1. The Hall–Kier alpha value is -4.50. The molecule has 1 aromatic heterocycles. The van der Waals surface area contributed by atoms with Crippen molar-refractivity contribution < 1.29 is 0 Å². The van der Waals surface area contributed by atoms with Crippen LogP contribution in [0.2, 0.25) is 5.02 Å². The normalized spacial score (nSPS) is 12.1. The molecule has 0 bridgehead atoms. The molecule has 0 spiro atoms. The molecule has 2 atom stereocenters. The summed E-state index contributed by atoms with van der Waals surface area (Å²) in [6.45, 7) is 2.09. The quantitative estimate of drug-likeness (QED) is 0.281. The first-order chi connectivity index (χ1) is 17.1. The Morgan fingerprint density at radius 3 is 2.43 bits per heavy atom. The van der Waals surface area contributed by atoms with Gasteiger partial charge in [0, 0.05) is 17.3 Å². The van der Waals surface area contributed by atoms with E-state index in [0.717, 1.165) is 22.9 Å². The van der Waals surface area contributed by atoms with E-state index in [-0.39, 0.29) is 6.04 Å². The number of nitrogens with one attached hydrogen (secondary N) is 2. The average Bonchev–Trinajstić information content (AvgIpc) is 2.90. The monoisotopic (exact) mass is 475 g/mol. The van der Waals surface area contributed by atoms with Crippen LogP contribution in [0.4, 0.5) is 11.4 Å². The van der Waals surface area contributed by atoms with Gasteiger partial charge in [0.1, 0.15) is 12.1 Å². The van der Waals surface area contributed by atoms with Crippen molar-refractivity contribution in [1.82, 2.24) is 4.98 Å². The number of halogens is 1. The minimum absolute atomic E-state index is 0.00327. The van der Waals surface area contributed by atoms with Gasteiger partial charge in [-0.1, -0.05) is 66.9 Å². The van der Waals surface area contributed by atoms with E-state index < -0.39 is 6.04 Å². The van der Waals surface area contributed by atoms with Gasteiger partial charge in [0.05, 0.1) is 39.5 Å². The van der Waals surface area contributed by atoms with Crippen molar-refractivity contribution in [3.8, 4) is 24.5 Å². The Balaban J connectivity index is 1.78. The molecule has 0 aliphatic heterocycles. The lowest BCUT2D eigenvalue weighted by Crippen LogP contribution is -2.12. The van der Waals surface area contributed by atoms with E-state index in [1.165, 1.54) is 0 Å². The van der Waals surface area contributed by atoms with E-state index in [9.17, 15) is 10.5 Å². The van der Waals surface area contributed by atoms with Crippen molar-refractivity contribution in [2.24, 2.45) is 0 Å². The van der Waals surface area contributed by atoms with Crippen molar-refractivity contribution >= 4 is 33.9 Å². The van der Waals surface area contributed by atoms with Crippen LogP contribution in [-0.4, -0.2) is 4.98 Å². The number of rotatable bonds is 7. The molecule has 0 aliphatic carbocycles. The lowest BCUT2D eigenvalue weighted by atomic mass is 10.0. The predicted molar refractivity (Wildman–Crippen MR) is 141 cm³/mol. The molecule has 6 heteroatoms. The molecule has 0 aliphatic rings. The van der Waals surface area contributed by atoms with Gasteiger partial charge in [0.25, 0.3) is 0 Å². The highest BCUT2D eigenvalue weighted by molar-refractivity contribution is 6.35. The smallest absolute Gasteiger partial charge is 0.113 e. The van der Waals surface area contributed by atoms with Crippen LogP contribution in [-0.2, 0) is 0 Å². The van der Waals surface area contributed by atoms with Gasteiger partial charge in [-0.2, -0.15) is 10.5 Å². The number of nitriles is 2. The number of hydrogen-bond donors (Lipinski definition) is 2. The summed E-state index contributed by atoms with van der Waals surface area (Å²) in [7, 11) is 0. The predicted octanol–water partition coefficient (Wildman–Crippen LogP) is 6.98. The zero-order valence-corrected chi connectivity index (χ0v) is 19.8. The maximum absolute atomic E-state index is 9.82. The lowest BCUT2D eigenvalue weighted by Gasteiger charge is -2.22. The van der Waals surface area contributed by atoms with Crippen molar-refractivity contribution in [2.45, 2.75) is 25.4 Å². The molecule has 2 N–H and O–H groups in total. The van der Waals surface area contributed by atoms with Gasteiger partial charge >= 0.3 is 0 Å². The molecule has 4 aromatic rings. The average molecular weight is 476 g/mol.